The van der Waals surface area contributed by atoms with Crippen molar-refractivity contribution in [2.45, 2.75) is 13.0 Å². The molecule has 7 heteroatoms. The van der Waals surface area contributed by atoms with Gasteiger partial charge >= 0.3 is 0 Å². The van der Waals surface area contributed by atoms with E-state index in [1.54, 1.807) is 36.2 Å². The standard InChI is InChI=1S/C21H24N4O3/c1-15(17-6-3-4-7-18(17)25-12-5-11-23-25)24-21(26)16-8-9-19(27-2)20(14-16)28-13-10-22/h3-9,11-12,14-15H,10,13,22H2,1-2H3,(H,24,26)/t15-/m1/s1. The second kappa shape index (κ2) is 9.05. The number of methoxy groups -OCH3 is 1. The molecule has 3 N–H and O–H groups in total. The maximum Gasteiger partial charge on any atom is 0.251 e. The van der Waals surface area contributed by atoms with E-state index in [-0.39, 0.29) is 11.9 Å². The third kappa shape index (κ3) is 4.32. The highest BCUT2D eigenvalue weighted by Gasteiger charge is 2.17. The van der Waals surface area contributed by atoms with Crippen molar-refractivity contribution in [3.05, 3.63) is 72.1 Å². The maximum atomic E-state index is 12.8. The number of hydrogen-bond acceptors (Lipinski definition) is 5. The van der Waals surface area contributed by atoms with Crippen LogP contribution in [0.25, 0.3) is 5.69 Å². The van der Waals surface area contributed by atoms with E-state index >= 15 is 0 Å². The highest BCUT2D eigenvalue weighted by Crippen LogP contribution is 2.28. The minimum atomic E-state index is -0.219. The van der Waals surface area contributed by atoms with Crippen molar-refractivity contribution < 1.29 is 14.3 Å². The predicted octanol–water partition coefficient (Wildman–Crippen LogP) is 2.71. The first-order valence-corrected chi connectivity index (χ1v) is 9.04. The molecule has 0 aliphatic carbocycles. The number of nitrogens with zero attached hydrogens (tertiary/aromatic N) is 2. The second-order valence-corrected chi connectivity index (χ2v) is 6.21. The lowest BCUT2D eigenvalue weighted by atomic mass is 10.1. The third-order valence-corrected chi connectivity index (χ3v) is 4.30. The van der Waals surface area contributed by atoms with Crippen LogP contribution in [0.2, 0.25) is 0 Å². The number of carbonyl (C=O) groups excluding carboxylic acids is 1. The zero-order valence-corrected chi connectivity index (χ0v) is 16.0. The van der Waals surface area contributed by atoms with Gasteiger partial charge in [0, 0.05) is 24.5 Å². The van der Waals surface area contributed by atoms with Crippen molar-refractivity contribution >= 4 is 5.91 Å². The van der Waals surface area contributed by atoms with Gasteiger partial charge in [-0.15, -0.1) is 0 Å². The van der Waals surface area contributed by atoms with E-state index in [9.17, 15) is 4.79 Å². The summed E-state index contributed by atoms with van der Waals surface area (Å²) in [5.74, 6) is 0.843. The Labute approximate surface area is 164 Å². The molecule has 0 spiro atoms. The summed E-state index contributed by atoms with van der Waals surface area (Å²) in [4.78, 5) is 12.8. The largest absolute Gasteiger partial charge is 0.493 e. The number of nitrogens with one attached hydrogen (secondary N) is 1. The van der Waals surface area contributed by atoms with Crippen molar-refractivity contribution in [1.82, 2.24) is 15.1 Å². The van der Waals surface area contributed by atoms with Crippen LogP contribution in [0.4, 0.5) is 0 Å². The summed E-state index contributed by atoms with van der Waals surface area (Å²) in [7, 11) is 1.55. The summed E-state index contributed by atoms with van der Waals surface area (Å²) < 4.78 is 12.6. The number of benzene rings is 2. The third-order valence-electron chi connectivity index (χ3n) is 4.30. The van der Waals surface area contributed by atoms with Gasteiger partial charge in [-0.3, -0.25) is 4.79 Å². The van der Waals surface area contributed by atoms with Gasteiger partial charge in [-0.05, 0) is 42.8 Å². The molecule has 28 heavy (non-hydrogen) atoms. The average Bonchev–Trinajstić information content (AvgIpc) is 3.26. The molecule has 0 bridgehead atoms. The lowest BCUT2D eigenvalue weighted by Gasteiger charge is -2.18. The number of amides is 1. The summed E-state index contributed by atoms with van der Waals surface area (Å²) in [6.07, 6.45) is 3.60. The van der Waals surface area contributed by atoms with Crippen LogP contribution in [0, 0.1) is 0 Å². The molecule has 3 rings (SSSR count). The van der Waals surface area contributed by atoms with Gasteiger partial charge in [-0.25, -0.2) is 4.68 Å². The van der Waals surface area contributed by atoms with Crippen LogP contribution in [0.3, 0.4) is 0 Å². The van der Waals surface area contributed by atoms with Gasteiger partial charge < -0.3 is 20.5 Å². The van der Waals surface area contributed by atoms with Gasteiger partial charge in [0.25, 0.3) is 5.91 Å². The molecule has 1 amide bonds. The Morgan fingerprint density at radius 1 is 1.21 bits per heavy atom. The van der Waals surface area contributed by atoms with E-state index in [0.29, 0.717) is 30.2 Å². The number of rotatable bonds is 8. The van der Waals surface area contributed by atoms with Crippen LogP contribution in [-0.2, 0) is 0 Å². The van der Waals surface area contributed by atoms with E-state index in [1.807, 2.05) is 43.5 Å². The monoisotopic (exact) mass is 380 g/mol. The van der Waals surface area contributed by atoms with E-state index in [2.05, 4.69) is 10.4 Å². The molecule has 7 nitrogen and oxygen atoms in total. The summed E-state index contributed by atoms with van der Waals surface area (Å²) in [5, 5.41) is 7.32. The molecule has 146 valence electrons. The molecule has 0 fully saturated rings. The predicted molar refractivity (Wildman–Crippen MR) is 107 cm³/mol. The zero-order valence-electron chi connectivity index (χ0n) is 16.0. The van der Waals surface area contributed by atoms with Gasteiger partial charge in [-0.1, -0.05) is 18.2 Å². The number of ether oxygens (including phenoxy) is 2. The smallest absolute Gasteiger partial charge is 0.251 e. The van der Waals surface area contributed by atoms with Crippen LogP contribution >= 0.6 is 0 Å². The molecule has 0 aliphatic heterocycles. The lowest BCUT2D eigenvalue weighted by molar-refractivity contribution is 0.0939. The fourth-order valence-corrected chi connectivity index (χ4v) is 2.93. The second-order valence-electron chi connectivity index (χ2n) is 6.21. The molecular formula is C21H24N4O3. The number of para-hydroxylation sites is 1. The Kier molecular flexibility index (Phi) is 6.29. The average molecular weight is 380 g/mol. The first-order chi connectivity index (χ1) is 13.6. The zero-order chi connectivity index (χ0) is 19.9. The molecule has 0 aliphatic rings. The maximum absolute atomic E-state index is 12.8. The SMILES string of the molecule is COc1ccc(C(=O)N[C@H](C)c2ccccc2-n2cccn2)cc1OCCN. The van der Waals surface area contributed by atoms with Gasteiger partial charge in [0.05, 0.1) is 18.8 Å². The fourth-order valence-electron chi connectivity index (χ4n) is 2.93. The van der Waals surface area contributed by atoms with Crippen LogP contribution in [0.1, 0.15) is 28.9 Å². The van der Waals surface area contributed by atoms with Gasteiger partial charge in [0.15, 0.2) is 11.5 Å². The van der Waals surface area contributed by atoms with Gasteiger partial charge in [0.2, 0.25) is 0 Å². The Morgan fingerprint density at radius 3 is 2.75 bits per heavy atom. The summed E-state index contributed by atoms with van der Waals surface area (Å²) >= 11 is 0. The first kappa shape index (κ1) is 19.4. The molecule has 0 radical (unpaired) electrons. The highest BCUT2D eigenvalue weighted by atomic mass is 16.5. The summed E-state index contributed by atoms with van der Waals surface area (Å²) in [6.45, 7) is 2.66. The molecule has 0 saturated heterocycles. The van der Waals surface area contributed by atoms with E-state index < -0.39 is 0 Å². The number of aromatic nitrogens is 2. The van der Waals surface area contributed by atoms with Crippen molar-refractivity contribution in [2.75, 3.05) is 20.3 Å². The quantitative estimate of drug-likeness (QED) is 0.627. The molecule has 0 saturated carbocycles. The van der Waals surface area contributed by atoms with Crippen LogP contribution in [0.15, 0.2) is 60.9 Å². The summed E-state index contributed by atoms with van der Waals surface area (Å²) in [5.41, 5.74) is 7.86. The molecular weight excluding hydrogens is 356 g/mol. The Morgan fingerprint density at radius 2 is 2.04 bits per heavy atom. The minimum Gasteiger partial charge on any atom is -0.493 e. The highest BCUT2D eigenvalue weighted by molar-refractivity contribution is 5.95. The Balaban J connectivity index is 1.80. The van der Waals surface area contributed by atoms with Crippen LogP contribution < -0.4 is 20.5 Å². The van der Waals surface area contributed by atoms with E-state index in [0.717, 1.165) is 11.3 Å². The number of carbonyl (C=O) groups is 1. The molecule has 0 unspecified atom stereocenters. The van der Waals surface area contributed by atoms with E-state index in [4.69, 9.17) is 15.2 Å². The van der Waals surface area contributed by atoms with Crippen molar-refractivity contribution in [2.24, 2.45) is 5.73 Å². The molecule has 2 aromatic carbocycles. The number of hydrogen-bond donors (Lipinski definition) is 2. The normalized spacial score (nSPS) is 11.7. The van der Waals surface area contributed by atoms with Crippen molar-refractivity contribution in [3.8, 4) is 17.2 Å². The molecule has 1 atom stereocenters. The number of nitrogens with two attached hydrogens (primary N) is 1. The van der Waals surface area contributed by atoms with E-state index in [1.165, 1.54) is 0 Å². The molecule has 1 heterocycles. The topological polar surface area (TPSA) is 91.4 Å². The molecule has 3 aromatic rings. The van der Waals surface area contributed by atoms with Crippen molar-refractivity contribution in [1.29, 1.82) is 0 Å². The van der Waals surface area contributed by atoms with Gasteiger partial charge in [0.1, 0.15) is 6.61 Å². The van der Waals surface area contributed by atoms with Crippen molar-refractivity contribution in [3.63, 3.8) is 0 Å². The van der Waals surface area contributed by atoms with Gasteiger partial charge in [-0.2, -0.15) is 5.10 Å². The minimum absolute atomic E-state index is 0.206. The Hall–Kier alpha value is -3.32. The molecule has 1 aromatic heterocycles. The lowest BCUT2D eigenvalue weighted by Crippen LogP contribution is -2.27. The van der Waals surface area contributed by atoms with Crippen LogP contribution in [0.5, 0.6) is 11.5 Å². The fraction of sp³-hybridized carbons (Fsp3) is 0.238. The summed E-state index contributed by atoms with van der Waals surface area (Å²) in [6, 6.07) is 14.6. The Bertz CT molecular complexity index is 925. The van der Waals surface area contributed by atoms with Crippen LogP contribution in [-0.4, -0.2) is 35.9 Å². The first-order valence-electron chi connectivity index (χ1n) is 9.04.